The van der Waals surface area contributed by atoms with Gasteiger partial charge in [-0.2, -0.15) is 0 Å². The summed E-state index contributed by atoms with van der Waals surface area (Å²) in [5, 5.41) is 5.77. The molecule has 1 aliphatic heterocycles. The highest BCUT2D eigenvalue weighted by atomic mass is 16.2. The Morgan fingerprint density at radius 1 is 0.926 bits per heavy atom. The van der Waals surface area contributed by atoms with Crippen molar-refractivity contribution in [2.24, 2.45) is 5.92 Å². The SMILES string of the molecule is O=C(CNC(=O)C1CCN(C(=O)c2ccccc2)CC1)NC1CCCCC1. The minimum Gasteiger partial charge on any atom is -0.352 e. The quantitative estimate of drug-likeness (QED) is 0.832. The summed E-state index contributed by atoms with van der Waals surface area (Å²) in [6.07, 6.45) is 6.91. The van der Waals surface area contributed by atoms with E-state index in [1.807, 2.05) is 30.3 Å². The second-order valence-electron chi connectivity index (χ2n) is 7.55. The molecule has 2 aliphatic rings. The van der Waals surface area contributed by atoms with Gasteiger partial charge in [-0.1, -0.05) is 37.5 Å². The van der Waals surface area contributed by atoms with E-state index in [4.69, 9.17) is 0 Å². The molecule has 6 nitrogen and oxygen atoms in total. The van der Waals surface area contributed by atoms with Gasteiger partial charge in [0.15, 0.2) is 0 Å². The summed E-state index contributed by atoms with van der Waals surface area (Å²) in [5.41, 5.74) is 0.680. The Balaban J connectivity index is 1.38. The number of benzene rings is 1. The van der Waals surface area contributed by atoms with Crippen LogP contribution in [0.1, 0.15) is 55.3 Å². The number of piperidine rings is 1. The van der Waals surface area contributed by atoms with Crippen LogP contribution in [0.4, 0.5) is 0 Å². The summed E-state index contributed by atoms with van der Waals surface area (Å²) >= 11 is 0. The molecule has 6 heteroatoms. The Morgan fingerprint density at radius 3 is 2.26 bits per heavy atom. The number of carbonyl (C=O) groups is 3. The molecule has 3 rings (SSSR count). The van der Waals surface area contributed by atoms with Gasteiger partial charge in [-0.15, -0.1) is 0 Å². The van der Waals surface area contributed by atoms with Crippen LogP contribution in [0.3, 0.4) is 0 Å². The molecule has 1 aliphatic carbocycles. The number of hydrogen-bond acceptors (Lipinski definition) is 3. The highest BCUT2D eigenvalue weighted by Gasteiger charge is 2.28. The molecule has 27 heavy (non-hydrogen) atoms. The van der Waals surface area contributed by atoms with E-state index in [9.17, 15) is 14.4 Å². The van der Waals surface area contributed by atoms with Gasteiger partial charge >= 0.3 is 0 Å². The summed E-state index contributed by atoms with van der Waals surface area (Å²) < 4.78 is 0. The highest BCUT2D eigenvalue weighted by Crippen LogP contribution is 2.19. The van der Waals surface area contributed by atoms with Gasteiger partial charge in [0.2, 0.25) is 11.8 Å². The first-order valence-corrected chi connectivity index (χ1v) is 10.0. The molecule has 1 saturated heterocycles. The lowest BCUT2D eigenvalue weighted by atomic mass is 9.95. The van der Waals surface area contributed by atoms with Gasteiger partial charge in [0.1, 0.15) is 0 Å². The molecule has 2 N–H and O–H groups in total. The lowest BCUT2D eigenvalue weighted by molar-refractivity contribution is -0.129. The standard InChI is InChI=1S/C21H29N3O3/c25-19(23-18-9-5-2-6-10-18)15-22-20(26)16-11-13-24(14-12-16)21(27)17-7-3-1-4-8-17/h1,3-4,7-8,16,18H,2,5-6,9-15H2,(H,22,26)(H,23,25). The molecule has 3 amide bonds. The predicted octanol–water partition coefficient (Wildman–Crippen LogP) is 2.10. The van der Waals surface area contributed by atoms with Crippen LogP contribution in [0, 0.1) is 5.92 Å². The Hall–Kier alpha value is -2.37. The van der Waals surface area contributed by atoms with Gasteiger partial charge in [0.25, 0.3) is 5.91 Å². The summed E-state index contributed by atoms with van der Waals surface area (Å²) in [7, 11) is 0. The van der Waals surface area contributed by atoms with Crippen LogP contribution in [0.25, 0.3) is 0 Å². The van der Waals surface area contributed by atoms with Gasteiger partial charge in [0, 0.05) is 30.6 Å². The molecule has 0 radical (unpaired) electrons. The van der Waals surface area contributed by atoms with Crippen molar-refractivity contribution in [1.29, 1.82) is 0 Å². The minimum absolute atomic E-state index is 0.0151. The molecule has 0 spiro atoms. The first-order chi connectivity index (χ1) is 13.1. The van der Waals surface area contributed by atoms with Gasteiger partial charge in [-0.05, 0) is 37.8 Å². The maximum atomic E-state index is 12.5. The molecule has 1 aromatic rings. The molecule has 0 atom stereocenters. The maximum Gasteiger partial charge on any atom is 0.253 e. The Kier molecular flexibility index (Phi) is 6.85. The number of nitrogens with zero attached hydrogens (tertiary/aromatic N) is 1. The number of carbonyl (C=O) groups excluding carboxylic acids is 3. The summed E-state index contributed by atoms with van der Waals surface area (Å²) in [4.78, 5) is 38.6. The number of amides is 3. The largest absolute Gasteiger partial charge is 0.352 e. The summed E-state index contributed by atoms with van der Waals surface area (Å²) in [6.45, 7) is 1.18. The minimum atomic E-state index is -0.132. The van der Waals surface area contributed by atoms with Crippen LogP contribution < -0.4 is 10.6 Å². The average Bonchev–Trinajstić information content (AvgIpc) is 2.73. The van der Waals surface area contributed by atoms with Crippen molar-refractivity contribution >= 4 is 17.7 Å². The van der Waals surface area contributed by atoms with Gasteiger partial charge in [0.05, 0.1) is 6.54 Å². The predicted molar refractivity (Wildman–Crippen MR) is 103 cm³/mol. The number of rotatable bonds is 5. The molecule has 0 bridgehead atoms. The van der Waals surface area contributed by atoms with Crippen LogP contribution in [0.5, 0.6) is 0 Å². The zero-order chi connectivity index (χ0) is 19.1. The van der Waals surface area contributed by atoms with Gasteiger partial charge in [-0.25, -0.2) is 0 Å². The van der Waals surface area contributed by atoms with Crippen molar-refractivity contribution in [3.63, 3.8) is 0 Å². The van der Waals surface area contributed by atoms with E-state index < -0.39 is 0 Å². The fourth-order valence-corrected chi connectivity index (χ4v) is 3.95. The summed E-state index contributed by atoms with van der Waals surface area (Å²) in [5.74, 6) is -0.304. The van der Waals surface area contributed by atoms with Crippen molar-refractivity contribution in [2.45, 2.75) is 51.0 Å². The van der Waals surface area contributed by atoms with Crippen molar-refractivity contribution < 1.29 is 14.4 Å². The number of likely N-dealkylation sites (tertiary alicyclic amines) is 1. The maximum absolute atomic E-state index is 12.5. The first kappa shape index (κ1) is 19.4. The van der Waals surface area contributed by atoms with Crippen LogP contribution in [0.2, 0.25) is 0 Å². The lowest BCUT2D eigenvalue weighted by Gasteiger charge is -2.31. The smallest absolute Gasteiger partial charge is 0.253 e. The van der Waals surface area contributed by atoms with E-state index in [0.717, 1.165) is 25.7 Å². The average molecular weight is 371 g/mol. The van der Waals surface area contributed by atoms with E-state index in [1.54, 1.807) is 4.90 Å². The zero-order valence-electron chi connectivity index (χ0n) is 15.8. The van der Waals surface area contributed by atoms with Crippen molar-refractivity contribution in [1.82, 2.24) is 15.5 Å². The third-order valence-electron chi connectivity index (χ3n) is 5.57. The molecule has 1 saturated carbocycles. The van der Waals surface area contributed by atoms with E-state index >= 15 is 0 Å². The monoisotopic (exact) mass is 371 g/mol. The summed E-state index contributed by atoms with van der Waals surface area (Å²) in [6, 6.07) is 9.48. The molecule has 1 heterocycles. The molecular weight excluding hydrogens is 342 g/mol. The highest BCUT2D eigenvalue weighted by molar-refractivity contribution is 5.94. The third kappa shape index (κ3) is 5.55. The van der Waals surface area contributed by atoms with Gasteiger partial charge < -0.3 is 15.5 Å². The Bertz CT molecular complexity index is 648. The van der Waals surface area contributed by atoms with Crippen molar-refractivity contribution in [3.05, 3.63) is 35.9 Å². The second-order valence-corrected chi connectivity index (χ2v) is 7.55. The molecule has 1 aromatic carbocycles. The van der Waals surface area contributed by atoms with Crippen LogP contribution in [-0.4, -0.2) is 48.3 Å². The van der Waals surface area contributed by atoms with Crippen LogP contribution in [-0.2, 0) is 9.59 Å². The third-order valence-corrected chi connectivity index (χ3v) is 5.57. The number of hydrogen-bond donors (Lipinski definition) is 2. The molecule has 0 unspecified atom stereocenters. The second kappa shape index (κ2) is 9.53. The first-order valence-electron chi connectivity index (χ1n) is 10.0. The Morgan fingerprint density at radius 2 is 1.59 bits per heavy atom. The Labute approximate surface area is 160 Å². The molecule has 146 valence electrons. The lowest BCUT2D eigenvalue weighted by Crippen LogP contribution is -2.46. The topological polar surface area (TPSA) is 78.5 Å². The molecular formula is C21H29N3O3. The van der Waals surface area contributed by atoms with E-state index in [1.165, 1.54) is 6.42 Å². The van der Waals surface area contributed by atoms with Crippen LogP contribution in [0.15, 0.2) is 30.3 Å². The van der Waals surface area contributed by atoms with E-state index in [2.05, 4.69) is 10.6 Å². The molecule has 0 aromatic heterocycles. The van der Waals surface area contributed by atoms with E-state index in [-0.39, 0.29) is 36.2 Å². The van der Waals surface area contributed by atoms with E-state index in [0.29, 0.717) is 31.5 Å². The van der Waals surface area contributed by atoms with Crippen molar-refractivity contribution in [2.75, 3.05) is 19.6 Å². The van der Waals surface area contributed by atoms with Crippen LogP contribution >= 0.6 is 0 Å². The van der Waals surface area contributed by atoms with Crippen molar-refractivity contribution in [3.8, 4) is 0 Å². The fourth-order valence-electron chi connectivity index (χ4n) is 3.95. The fraction of sp³-hybridized carbons (Fsp3) is 0.571. The normalized spacial score (nSPS) is 18.7. The number of nitrogens with one attached hydrogen (secondary N) is 2. The van der Waals surface area contributed by atoms with Gasteiger partial charge in [-0.3, -0.25) is 14.4 Å². The zero-order valence-corrected chi connectivity index (χ0v) is 15.8. The molecule has 2 fully saturated rings.